The van der Waals surface area contributed by atoms with Crippen molar-refractivity contribution in [3.63, 3.8) is 0 Å². The molecule has 116 valence electrons. The summed E-state index contributed by atoms with van der Waals surface area (Å²) < 4.78 is 10.8. The van der Waals surface area contributed by atoms with Gasteiger partial charge < -0.3 is 15.2 Å². The number of ether oxygens (including phenoxy) is 2. The van der Waals surface area contributed by atoms with E-state index >= 15 is 0 Å². The fourth-order valence-corrected chi connectivity index (χ4v) is 2.32. The molecule has 0 fully saturated rings. The van der Waals surface area contributed by atoms with Crippen molar-refractivity contribution in [2.24, 2.45) is 5.73 Å². The zero-order valence-corrected chi connectivity index (χ0v) is 12.8. The molecule has 0 radical (unpaired) electrons. The minimum Gasteiger partial charge on any atom is -0.492 e. The molecule has 0 saturated heterocycles. The van der Waals surface area contributed by atoms with Gasteiger partial charge in [0.25, 0.3) is 0 Å². The Morgan fingerprint density at radius 3 is 2.41 bits per heavy atom. The first-order valence-electron chi connectivity index (χ1n) is 7.08. The van der Waals surface area contributed by atoms with Gasteiger partial charge in [0.1, 0.15) is 0 Å². The lowest BCUT2D eigenvalue weighted by Crippen LogP contribution is -2.11. The third-order valence-electron chi connectivity index (χ3n) is 3.36. The molecule has 5 heteroatoms. The van der Waals surface area contributed by atoms with Gasteiger partial charge in [-0.3, -0.25) is 9.78 Å². The Kier molecular flexibility index (Phi) is 5.49. The highest BCUT2D eigenvalue weighted by Gasteiger charge is 2.20. The highest BCUT2D eigenvalue weighted by molar-refractivity contribution is 6.00. The molecule has 0 amide bonds. The lowest BCUT2D eigenvalue weighted by Gasteiger charge is -2.15. The monoisotopic (exact) mass is 300 g/mol. The van der Waals surface area contributed by atoms with Crippen LogP contribution in [-0.4, -0.2) is 31.5 Å². The highest BCUT2D eigenvalue weighted by Crippen LogP contribution is 2.34. The van der Waals surface area contributed by atoms with E-state index in [1.54, 1.807) is 0 Å². The third kappa shape index (κ3) is 3.43. The third-order valence-corrected chi connectivity index (χ3v) is 3.36. The fourth-order valence-electron chi connectivity index (χ4n) is 2.32. The first-order valence-corrected chi connectivity index (χ1v) is 7.08. The van der Waals surface area contributed by atoms with Crippen molar-refractivity contribution in [1.82, 2.24) is 4.98 Å². The molecule has 2 rings (SSSR count). The second-order valence-electron chi connectivity index (χ2n) is 4.81. The lowest BCUT2D eigenvalue weighted by molar-refractivity contribution is 0.0989. The molecule has 0 aliphatic heterocycles. The van der Waals surface area contributed by atoms with Crippen LogP contribution in [0.1, 0.15) is 21.6 Å². The van der Waals surface area contributed by atoms with Gasteiger partial charge in [-0.1, -0.05) is 30.3 Å². The number of nitrogens with zero attached hydrogens (tertiary/aromatic N) is 1. The number of carbonyl (C=O) groups is 1. The van der Waals surface area contributed by atoms with E-state index in [2.05, 4.69) is 4.98 Å². The van der Waals surface area contributed by atoms with E-state index < -0.39 is 0 Å². The zero-order valence-electron chi connectivity index (χ0n) is 12.8. The summed E-state index contributed by atoms with van der Waals surface area (Å²) in [5, 5.41) is 0. The summed E-state index contributed by atoms with van der Waals surface area (Å²) in [4.78, 5) is 16.8. The van der Waals surface area contributed by atoms with Crippen molar-refractivity contribution in [1.29, 1.82) is 0 Å². The number of carbonyl (C=O) groups excluding carboxylic acids is 1. The lowest BCUT2D eigenvalue weighted by atomic mass is 10.0. The predicted octanol–water partition coefficient (Wildman–Crippen LogP) is 2.03. The van der Waals surface area contributed by atoms with Gasteiger partial charge in [0.05, 0.1) is 25.5 Å². The van der Waals surface area contributed by atoms with E-state index in [9.17, 15) is 4.79 Å². The molecule has 0 aliphatic rings. The van der Waals surface area contributed by atoms with Gasteiger partial charge in [-0.2, -0.15) is 0 Å². The van der Waals surface area contributed by atoms with Crippen LogP contribution in [-0.2, 0) is 12.8 Å². The molecule has 1 aromatic carbocycles. The van der Waals surface area contributed by atoms with Crippen molar-refractivity contribution in [2.75, 3.05) is 20.8 Å². The molecule has 0 bridgehead atoms. The summed E-state index contributed by atoms with van der Waals surface area (Å²) in [6.45, 7) is 0.448. The fraction of sp³-hybridized carbons (Fsp3) is 0.294. The van der Waals surface area contributed by atoms with E-state index in [4.69, 9.17) is 15.2 Å². The Labute approximate surface area is 130 Å². The minimum atomic E-state index is -0.0619. The Bertz CT molecular complexity index is 642. The SMILES string of the molecule is COc1c(C(=O)Cc2ccccc2)cnc(CCN)c1OC. The second kappa shape index (κ2) is 7.56. The van der Waals surface area contributed by atoms with Crippen molar-refractivity contribution < 1.29 is 14.3 Å². The van der Waals surface area contributed by atoms with Crippen LogP contribution in [0.15, 0.2) is 36.5 Å². The normalized spacial score (nSPS) is 10.3. The predicted molar refractivity (Wildman–Crippen MR) is 84.6 cm³/mol. The van der Waals surface area contributed by atoms with Crippen LogP contribution >= 0.6 is 0 Å². The molecule has 1 heterocycles. The maximum Gasteiger partial charge on any atom is 0.183 e. The molecule has 1 aromatic heterocycles. The quantitative estimate of drug-likeness (QED) is 0.792. The first-order chi connectivity index (χ1) is 10.7. The number of methoxy groups -OCH3 is 2. The standard InChI is InChI=1S/C17H20N2O3/c1-21-16-13(11-19-14(8-9-18)17(16)22-2)15(20)10-12-6-4-3-5-7-12/h3-7,11H,8-10,18H2,1-2H3. The number of hydrogen-bond acceptors (Lipinski definition) is 5. The summed E-state index contributed by atoms with van der Waals surface area (Å²) in [7, 11) is 3.05. The topological polar surface area (TPSA) is 74.4 Å². The molecular formula is C17H20N2O3. The van der Waals surface area contributed by atoms with Gasteiger partial charge in [0.15, 0.2) is 17.3 Å². The number of pyridine rings is 1. The molecule has 22 heavy (non-hydrogen) atoms. The Morgan fingerprint density at radius 2 is 1.82 bits per heavy atom. The van der Waals surface area contributed by atoms with Crippen LogP contribution < -0.4 is 15.2 Å². The van der Waals surface area contributed by atoms with Crippen molar-refractivity contribution in [2.45, 2.75) is 12.8 Å². The highest BCUT2D eigenvalue weighted by atomic mass is 16.5. The van der Waals surface area contributed by atoms with Crippen molar-refractivity contribution in [3.05, 3.63) is 53.3 Å². The summed E-state index contributed by atoms with van der Waals surface area (Å²) in [6.07, 6.45) is 2.39. The van der Waals surface area contributed by atoms with Gasteiger partial charge in [0.2, 0.25) is 0 Å². The molecule has 2 aromatic rings. The average molecular weight is 300 g/mol. The van der Waals surface area contributed by atoms with Crippen LogP contribution in [0.25, 0.3) is 0 Å². The molecular weight excluding hydrogens is 280 g/mol. The van der Waals surface area contributed by atoms with Crippen LogP contribution in [0.2, 0.25) is 0 Å². The Morgan fingerprint density at radius 1 is 1.14 bits per heavy atom. The van der Waals surface area contributed by atoms with Gasteiger partial charge in [-0.15, -0.1) is 0 Å². The van der Waals surface area contributed by atoms with E-state index in [-0.39, 0.29) is 12.2 Å². The molecule has 2 N–H and O–H groups in total. The van der Waals surface area contributed by atoms with Crippen molar-refractivity contribution >= 4 is 5.78 Å². The Hall–Kier alpha value is -2.40. The van der Waals surface area contributed by atoms with Gasteiger partial charge in [0, 0.05) is 19.0 Å². The molecule has 0 spiro atoms. The summed E-state index contributed by atoms with van der Waals surface area (Å²) in [5.74, 6) is 0.835. The zero-order chi connectivity index (χ0) is 15.9. The molecule has 0 atom stereocenters. The number of benzene rings is 1. The number of rotatable bonds is 7. The summed E-state index contributed by atoms with van der Waals surface area (Å²) in [6, 6.07) is 9.56. The van der Waals surface area contributed by atoms with E-state index in [0.29, 0.717) is 35.7 Å². The molecule has 0 saturated carbocycles. The van der Waals surface area contributed by atoms with Crippen LogP contribution in [0, 0.1) is 0 Å². The van der Waals surface area contributed by atoms with E-state index in [1.807, 2.05) is 30.3 Å². The molecule has 5 nitrogen and oxygen atoms in total. The van der Waals surface area contributed by atoms with Crippen LogP contribution in [0.5, 0.6) is 11.5 Å². The smallest absolute Gasteiger partial charge is 0.183 e. The minimum absolute atomic E-state index is 0.0619. The number of ketones is 1. The van der Waals surface area contributed by atoms with Gasteiger partial charge >= 0.3 is 0 Å². The van der Waals surface area contributed by atoms with E-state index in [0.717, 1.165) is 5.56 Å². The maximum atomic E-state index is 12.5. The summed E-state index contributed by atoms with van der Waals surface area (Å²) >= 11 is 0. The average Bonchev–Trinajstić information content (AvgIpc) is 2.55. The van der Waals surface area contributed by atoms with Crippen LogP contribution in [0.3, 0.4) is 0 Å². The van der Waals surface area contributed by atoms with Gasteiger partial charge in [-0.25, -0.2) is 0 Å². The van der Waals surface area contributed by atoms with Gasteiger partial charge in [-0.05, 0) is 12.1 Å². The molecule has 0 aliphatic carbocycles. The first kappa shape index (κ1) is 16.0. The van der Waals surface area contributed by atoms with Crippen LogP contribution in [0.4, 0.5) is 0 Å². The largest absolute Gasteiger partial charge is 0.492 e. The molecule has 0 unspecified atom stereocenters. The van der Waals surface area contributed by atoms with Crippen molar-refractivity contribution in [3.8, 4) is 11.5 Å². The second-order valence-corrected chi connectivity index (χ2v) is 4.81. The van der Waals surface area contributed by atoms with E-state index in [1.165, 1.54) is 20.4 Å². The number of aromatic nitrogens is 1. The Balaban J connectivity index is 2.36. The number of nitrogens with two attached hydrogens (primary N) is 1. The number of hydrogen-bond donors (Lipinski definition) is 1. The maximum absolute atomic E-state index is 12.5. The number of Topliss-reactive ketones (excluding diaryl/α,β-unsaturated/α-hetero) is 1. The summed E-state index contributed by atoms with van der Waals surface area (Å²) in [5.41, 5.74) is 7.63.